The Kier molecular flexibility index (Phi) is 4.48. The van der Waals surface area contributed by atoms with Crippen LogP contribution in [-0.2, 0) is 11.2 Å². The molecular formula is C17H25NO2. The quantitative estimate of drug-likeness (QED) is 0.896. The molecule has 0 aromatic heterocycles. The van der Waals surface area contributed by atoms with Crippen LogP contribution in [0.3, 0.4) is 0 Å². The Morgan fingerprint density at radius 2 is 2.10 bits per heavy atom. The molecule has 1 unspecified atom stereocenters. The van der Waals surface area contributed by atoms with Crippen molar-refractivity contribution in [3.05, 3.63) is 35.4 Å². The van der Waals surface area contributed by atoms with E-state index in [1.165, 1.54) is 17.5 Å². The van der Waals surface area contributed by atoms with Gasteiger partial charge in [-0.15, -0.1) is 0 Å². The smallest absolute Gasteiger partial charge is 0.323 e. The van der Waals surface area contributed by atoms with E-state index in [-0.39, 0.29) is 0 Å². The van der Waals surface area contributed by atoms with Crippen LogP contribution in [0.1, 0.15) is 50.7 Å². The van der Waals surface area contributed by atoms with Crippen LogP contribution in [0.25, 0.3) is 0 Å². The summed E-state index contributed by atoms with van der Waals surface area (Å²) in [5.74, 6) is -0.290. The van der Waals surface area contributed by atoms with Gasteiger partial charge in [0, 0.05) is 6.54 Å². The second-order valence-electron chi connectivity index (χ2n) is 6.19. The minimum absolute atomic E-state index is 0.457. The molecule has 0 bridgehead atoms. The van der Waals surface area contributed by atoms with Gasteiger partial charge in [0.2, 0.25) is 0 Å². The second kappa shape index (κ2) is 5.96. The molecule has 0 spiro atoms. The Bertz CT molecular complexity index is 482. The monoisotopic (exact) mass is 275 g/mol. The summed E-state index contributed by atoms with van der Waals surface area (Å²) in [6.45, 7) is 7.23. The summed E-state index contributed by atoms with van der Waals surface area (Å²) in [4.78, 5) is 13.6. The zero-order valence-corrected chi connectivity index (χ0v) is 12.7. The first-order valence-corrected chi connectivity index (χ1v) is 7.53. The van der Waals surface area contributed by atoms with Crippen LogP contribution in [0.15, 0.2) is 24.3 Å². The standard InChI is InChI=1S/C17H25NO2/c1-4-18(17(2,3)16(19)20)12-14-10-7-9-13-8-5-6-11-15(13)14/h5-6,8,11,14H,4,7,9-10,12H2,1-3H3,(H,19,20). The highest BCUT2D eigenvalue weighted by atomic mass is 16.4. The molecule has 1 aromatic carbocycles. The SMILES string of the molecule is CCN(CC1CCCc2ccccc21)C(C)(C)C(=O)O. The first-order valence-electron chi connectivity index (χ1n) is 7.53. The van der Waals surface area contributed by atoms with Gasteiger partial charge in [-0.3, -0.25) is 9.69 Å². The summed E-state index contributed by atoms with van der Waals surface area (Å²) in [7, 11) is 0. The van der Waals surface area contributed by atoms with Gasteiger partial charge in [-0.05, 0) is 56.7 Å². The van der Waals surface area contributed by atoms with Crippen molar-refractivity contribution in [3.8, 4) is 0 Å². The summed E-state index contributed by atoms with van der Waals surface area (Å²) in [5, 5.41) is 9.43. The van der Waals surface area contributed by atoms with E-state index in [2.05, 4.69) is 29.2 Å². The van der Waals surface area contributed by atoms with E-state index < -0.39 is 11.5 Å². The van der Waals surface area contributed by atoms with Crippen molar-refractivity contribution >= 4 is 5.97 Å². The van der Waals surface area contributed by atoms with Crippen molar-refractivity contribution in [1.82, 2.24) is 4.90 Å². The lowest BCUT2D eigenvalue weighted by molar-refractivity contribution is -0.149. The van der Waals surface area contributed by atoms with Gasteiger partial charge in [0.25, 0.3) is 0 Å². The zero-order valence-electron chi connectivity index (χ0n) is 12.7. The molecule has 1 atom stereocenters. The van der Waals surface area contributed by atoms with Crippen LogP contribution < -0.4 is 0 Å². The largest absolute Gasteiger partial charge is 0.480 e. The van der Waals surface area contributed by atoms with Gasteiger partial charge < -0.3 is 5.11 Å². The molecule has 1 N–H and O–H groups in total. The van der Waals surface area contributed by atoms with E-state index in [1.54, 1.807) is 13.8 Å². The molecule has 110 valence electrons. The summed E-state index contributed by atoms with van der Waals surface area (Å²) in [6.07, 6.45) is 3.51. The number of hydrogen-bond acceptors (Lipinski definition) is 2. The lowest BCUT2D eigenvalue weighted by atomic mass is 9.82. The van der Waals surface area contributed by atoms with E-state index in [0.717, 1.165) is 25.9 Å². The van der Waals surface area contributed by atoms with Gasteiger partial charge >= 0.3 is 5.97 Å². The number of benzene rings is 1. The number of carboxylic acids is 1. The summed E-state index contributed by atoms with van der Waals surface area (Å²) in [5.41, 5.74) is 2.05. The molecule has 0 saturated carbocycles. The number of nitrogens with zero attached hydrogens (tertiary/aromatic N) is 1. The van der Waals surface area contributed by atoms with E-state index in [4.69, 9.17) is 0 Å². The van der Waals surface area contributed by atoms with Crippen molar-refractivity contribution in [2.24, 2.45) is 0 Å². The molecule has 3 heteroatoms. The summed E-state index contributed by atoms with van der Waals surface area (Å²) in [6, 6.07) is 8.61. The number of carbonyl (C=O) groups is 1. The van der Waals surface area contributed by atoms with E-state index >= 15 is 0 Å². The molecule has 0 aliphatic heterocycles. The van der Waals surface area contributed by atoms with Crippen molar-refractivity contribution in [2.75, 3.05) is 13.1 Å². The van der Waals surface area contributed by atoms with Crippen LogP contribution in [-0.4, -0.2) is 34.6 Å². The molecule has 0 amide bonds. The third-order valence-electron chi connectivity index (χ3n) is 4.63. The van der Waals surface area contributed by atoms with Gasteiger partial charge in [0.15, 0.2) is 0 Å². The molecular weight excluding hydrogens is 250 g/mol. The number of rotatable bonds is 5. The maximum Gasteiger partial charge on any atom is 0.323 e. The minimum Gasteiger partial charge on any atom is -0.480 e. The molecule has 2 rings (SSSR count). The number of aryl methyl sites for hydroxylation is 1. The molecule has 1 aromatic rings. The number of aliphatic carboxylic acids is 1. The van der Waals surface area contributed by atoms with Crippen LogP contribution in [0, 0.1) is 0 Å². The molecule has 3 nitrogen and oxygen atoms in total. The topological polar surface area (TPSA) is 40.5 Å². The molecule has 1 aliphatic carbocycles. The van der Waals surface area contributed by atoms with Crippen molar-refractivity contribution in [3.63, 3.8) is 0 Å². The van der Waals surface area contributed by atoms with Crippen molar-refractivity contribution in [1.29, 1.82) is 0 Å². The second-order valence-corrected chi connectivity index (χ2v) is 6.19. The van der Waals surface area contributed by atoms with Crippen LogP contribution >= 0.6 is 0 Å². The lowest BCUT2D eigenvalue weighted by Crippen LogP contribution is -2.51. The Hall–Kier alpha value is -1.35. The highest BCUT2D eigenvalue weighted by molar-refractivity contribution is 5.77. The van der Waals surface area contributed by atoms with Gasteiger partial charge in [-0.2, -0.15) is 0 Å². The third kappa shape index (κ3) is 2.88. The number of hydrogen-bond donors (Lipinski definition) is 1. The Morgan fingerprint density at radius 1 is 1.40 bits per heavy atom. The normalized spacial score (nSPS) is 18.9. The Balaban J connectivity index is 2.19. The number of fused-ring (bicyclic) bond motifs is 1. The molecule has 0 fully saturated rings. The first-order chi connectivity index (χ1) is 9.46. The zero-order chi connectivity index (χ0) is 14.8. The molecule has 0 radical (unpaired) electrons. The number of likely N-dealkylation sites (N-methyl/N-ethyl adjacent to an activating group) is 1. The molecule has 0 saturated heterocycles. The van der Waals surface area contributed by atoms with E-state index in [0.29, 0.717) is 5.92 Å². The van der Waals surface area contributed by atoms with Crippen molar-refractivity contribution in [2.45, 2.75) is 51.5 Å². The highest BCUT2D eigenvalue weighted by Crippen LogP contribution is 2.33. The molecule has 1 aliphatic rings. The maximum absolute atomic E-state index is 11.5. The van der Waals surface area contributed by atoms with Crippen LogP contribution in [0.5, 0.6) is 0 Å². The van der Waals surface area contributed by atoms with Gasteiger partial charge in [0.05, 0.1) is 0 Å². The van der Waals surface area contributed by atoms with Crippen LogP contribution in [0.4, 0.5) is 0 Å². The van der Waals surface area contributed by atoms with Gasteiger partial charge in [0.1, 0.15) is 5.54 Å². The van der Waals surface area contributed by atoms with Crippen LogP contribution in [0.2, 0.25) is 0 Å². The average molecular weight is 275 g/mol. The van der Waals surface area contributed by atoms with Gasteiger partial charge in [-0.1, -0.05) is 31.2 Å². The highest BCUT2D eigenvalue weighted by Gasteiger charge is 2.35. The predicted octanol–water partition coefficient (Wildman–Crippen LogP) is 3.29. The lowest BCUT2D eigenvalue weighted by Gasteiger charge is -2.38. The fraction of sp³-hybridized carbons (Fsp3) is 0.588. The van der Waals surface area contributed by atoms with E-state index in [1.807, 2.05) is 6.92 Å². The Labute approximate surface area is 121 Å². The Morgan fingerprint density at radius 3 is 2.75 bits per heavy atom. The molecule has 0 heterocycles. The number of carboxylic acid groups (broad SMARTS) is 1. The summed E-state index contributed by atoms with van der Waals surface area (Å²) >= 11 is 0. The van der Waals surface area contributed by atoms with Crippen molar-refractivity contribution < 1.29 is 9.90 Å². The third-order valence-corrected chi connectivity index (χ3v) is 4.63. The molecule has 20 heavy (non-hydrogen) atoms. The van der Waals surface area contributed by atoms with E-state index in [9.17, 15) is 9.90 Å². The fourth-order valence-corrected chi connectivity index (χ4v) is 3.20. The summed E-state index contributed by atoms with van der Waals surface area (Å²) < 4.78 is 0. The minimum atomic E-state index is -0.804. The first kappa shape index (κ1) is 15.0. The average Bonchev–Trinajstić information content (AvgIpc) is 2.44. The fourth-order valence-electron chi connectivity index (χ4n) is 3.20. The maximum atomic E-state index is 11.5. The predicted molar refractivity (Wildman–Crippen MR) is 81.1 cm³/mol. The van der Waals surface area contributed by atoms with Gasteiger partial charge in [-0.25, -0.2) is 0 Å².